The molecule has 0 saturated heterocycles. The van der Waals surface area contributed by atoms with Crippen LogP contribution in [0.4, 0.5) is 0 Å². The number of allylic oxidation sites excluding steroid dienone is 4. The second-order valence-electron chi connectivity index (χ2n) is 24.2. The second kappa shape index (κ2) is 67.4. The minimum absolute atomic E-state index is 0.0639. The number of carbonyl (C=O) groups is 3. The van der Waals surface area contributed by atoms with Gasteiger partial charge in [-0.3, -0.25) is 14.4 Å². The van der Waals surface area contributed by atoms with Crippen LogP contribution in [0, 0.1) is 0 Å². The Morgan fingerprint density at radius 2 is 0.462 bits per heavy atom. The van der Waals surface area contributed by atoms with Crippen molar-refractivity contribution in [3.63, 3.8) is 0 Å². The lowest BCUT2D eigenvalue weighted by Crippen LogP contribution is -2.30. The summed E-state index contributed by atoms with van der Waals surface area (Å²) in [6, 6.07) is 0. The van der Waals surface area contributed by atoms with Crippen LogP contribution in [0.15, 0.2) is 24.3 Å². The molecule has 0 spiro atoms. The molecule has 0 aliphatic carbocycles. The molecule has 0 fully saturated rings. The van der Waals surface area contributed by atoms with Crippen molar-refractivity contribution in [3.05, 3.63) is 24.3 Å². The van der Waals surface area contributed by atoms with E-state index < -0.39 is 6.10 Å². The van der Waals surface area contributed by atoms with Crippen LogP contribution in [-0.4, -0.2) is 37.2 Å². The molecule has 0 N–H and O–H groups in total. The second-order valence-corrected chi connectivity index (χ2v) is 24.2. The van der Waals surface area contributed by atoms with Crippen LogP contribution in [0.25, 0.3) is 0 Å². The highest BCUT2D eigenvalue weighted by atomic mass is 16.6. The van der Waals surface area contributed by atoms with Crippen LogP contribution in [-0.2, 0) is 28.6 Å². The van der Waals surface area contributed by atoms with E-state index in [1.165, 1.54) is 295 Å². The molecular weight excluding hydrogens is 961 g/mol. The predicted octanol–water partition coefficient (Wildman–Crippen LogP) is 24.2. The number of esters is 3. The lowest BCUT2D eigenvalue weighted by molar-refractivity contribution is -0.167. The van der Waals surface area contributed by atoms with E-state index in [-0.39, 0.29) is 31.1 Å². The van der Waals surface area contributed by atoms with Crippen LogP contribution in [0.1, 0.15) is 400 Å². The largest absolute Gasteiger partial charge is 0.462 e. The Hall–Kier alpha value is -2.11. The average molecular weight is 1100 g/mol. The van der Waals surface area contributed by atoms with E-state index >= 15 is 0 Å². The van der Waals surface area contributed by atoms with Gasteiger partial charge in [0.15, 0.2) is 6.10 Å². The normalized spacial score (nSPS) is 12.1. The molecule has 0 aromatic rings. The Bertz CT molecular complexity index is 1260. The topological polar surface area (TPSA) is 78.9 Å². The molecule has 0 amide bonds. The molecule has 1 unspecified atom stereocenters. The van der Waals surface area contributed by atoms with Gasteiger partial charge in [-0.15, -0.1) is 0 Å². The third kappa shape index (κ3) is 64.7. The maximum absolute atomic E-state index is 12.9. The molecule has 78 heavy (non-hydrogen) atoms. The van der Waals surface area contributed by atoms with Crippen molar-refractivity contribution in [1.29, 1.82) is 0 Å². The van der Waals surface area contributed by atoms with Crippen molar-refractivity contribution in [1.82, 2.24) is 0 Å². The summed E-state index contributed by atoms with van der Waals surface area (Å²) in [5, 5.41) is 0. The summed E-state index contributed by atoms with van der Waals surface area (Å²) < 4.78 is 16.9. The van der Waals surface area contributed by atoms with Gasteiger partial charge in [-0.25, -0.2) is 0 Å². The Balaban J connectivity index is 4.08. The number of carbonyl (C=O) groups excluding carboxylic acids is 3. The fourth-order valence-electron chi connectivity index (χ4n) is 10.9. The fraction of sp³-hybridized carbons (Fsp3) is 0.903. The van der Waals surface area contributed by atoms with E-state index in [2.05, 4.69) is 45.1 Å². The zero-order valence-electron chi connectivity index (χ0n) is 53.0. The average Bonchev–Trinajstić information content (AvgIpc) is 3.44. The molecule has 460 valence electrons. The van der Waals surface area contributed by atoms with Crippen molar-refractivity contribution in [2.45, 2.75) is 406 Å². The first-order valence-corrected chi connectivity index (χ1v) is 35.3. The molecular formula is C72H136O6. The Morgan fingerprint density at radius 3 is 0.705 bits per heavy atom. The van der Waals surface area contributed by atoms with Crippen molar-refractivity contribution in [3.8, 4) is 0 Å². The third-order valence-corrected chi connectivity index (χ3v) is 16.2. The number of hydrogen-bond donors (Lipinski definition) is 0. The minimum Gasteiger partial charge on any atom is -0.462 e. The first kappa shape index (κ1) is 75.9. The van der Waals surface area contributed by atoms with E-state index in [1.54, 1.807) is 0 Å². The zero-order valence-corrected chi connectivity index (χ0v) is 53.0. The van der Waals surface area contributed by atoms with Gasteiger partial charge in [0.25, 0.3) is 0 Å². The van der Waals surface area contributed by atoms with E-state index in [9.17, 15) is 14.4 Å². The SMILES string of the molecule is CCCCCCC/C=C\C/C=C\CCCCCCCCCCCCCCCCCCCC(=O)OCC(COC(=O)CCCCCCCCCCC)OC(=O)CCCCCCCCCCCCCCCCCCCCCCCC. The predicted molar refractivity (Wildman–Crippen MR) is 340 cm³/mol. The highest BCUT2D eigenvalue weighted by molar-refractivity contribution is 5.71. The first-order valence-electron chi connectivity index (χ1n) is 35.3. The van der Waals surface area contributed by atoms with Crippen LogP contribution in [0.2, 0.25) is 0 Å². The van der Waals surface area contributed by atoms with Gasteiger partial charge >= 0.3 is 17.9 Å². The molecule has 0 aromatic heterocycles. The zero-order chi connectivity index (χ0) is 56.4. The van der Waals surface area contributed by atoms with Gasteiger partial charge in [0.05, 0.1) is 0 Å². The van der Waals surface area contributed by atoms with Gasteiger partial charge < -0.3 is 14.2 Å². The highest BCUT2D eigenvalue weighted by Gasteiger charge is 2.19. The van der Waals surface area contributed by atoms with E-state index in [4.69, 9.17) is 14.2 Å². The lowest BCUT2D eigenvalue weighted by atomic mass is 10.0. The minimum atomic E-state index is -0.765. The molecule has 0 aliphatic heterocycles. The molecule has 6 heteroatoms. The van der Waals surface area contributed by atoms with E-state index in [0.717, 1.165) is 64.2 Å². The summed E-state index contributed by atoms with van der Waals surface area (Å²) in [4.78, 5) is 38.3. The van der Waals surface area contributed by atoms with Gasteiger partial charge in [0.1, 0.15) is 13.2 Å². The molecule has 0 aromatic carbocycles. The monoisotopic (exact) mass is 1100 g/mol. The third-order valence-electron chi connectivity index (χ3n) is 16.2. The van der Waals surface area contributed by atoms with E-state index in [0.29, 0.717) is 19.3 Å². The molecule has 0 heterocycles. The fourth-order valence-corrected chi connectivity index (χ4v) is 10.9. The molecule has 0 saturated carbocycles. The lowest BCUT2D eigenvalue weighted by Gasteiger charge is -2.18. The quantitative estimate of drug-likeness (QED) is 0.0261. The number of hydrogen-bond acceptors (Lipinski definition) is 6. The molecule has 6 nitrogen and oxygen atoms in total. The Labute approximate surface area is 487 Å². The van der Waals surface area contributed by atoms with Gasteiger partial charge in [0, 0.05) is 19.3 Å². The van der Waals surface area contributed by atoms with Crippen LogP contribution < -0.4 is 0 Å². The van der Waals surface area contributed by atoms with Gasteiger partial charge in [-0.05, 0) is 51.4 Å². The molecule has 0 rings (SSSR count). The Morgan fingerprint density at radius 1 is 0.256 bits per heavy atom. The maximum Gasteiger partial charge on any atom is 0.306 e. The van der Waals surface area contributed by atoms with Gasteiger partial charge in [-0.2, -0.15) is 0 Å². The molecule has 1 atom stereocenters. The number of rotatable bonds is 66. The standard InChI is InChI=1S/C72H136O6/c1-4-7-10-13-16-19-21-23-25-27-29-31-33-34-35-36-37-38-39-41-42-44-46-48-50-53-56-59-62-65-71(74)77-68-69(67-76-70(73)64-61-58-55-52-18-15-12-9-6-3)78-72(75)66-63-60-57-54-51-49-47-45-43-40-32-30-28-26-24-22-20-17-14-11-8-5-2/h21,23,27,29,69H,4-20,22,24-26,28,30-68H2,1-3H3/b23-21-,29-27-. The molecule has 0 bridgehead atoms. The summed E-state index contributed by atoms with van der Waals surface area (Å²) in [5.41, 5.74) is 0. The summed E-state index contributed by atoms with van der Waals surface area (Å²) in [6.45, 7) is 6.69. The Kier molecular flexibility index (Phi) is 65.6. The number of unbranched alkanes of at least 4 members (excludes halogenated alkanes) is 51. The highest BCUT2D eigenvalue weighted by Crippen LogP contribution is 2.19. The summed E-state index contributed by atoms with van der Waals surface area (Å²) >= 11 is 0. The van der Waals surface area contributed by atoms with Crippen molar-refractivity contribution >= 4 is 17.9 Å². The molecule has 0 aliphatic rings. The van der Waals surface area contributed by atoms with Crippen molar-refractivity contribution in [2.75, 3.05) is 13.2 Å². The first-order chi connectivity index (χ1) is 38.5. The molecule has 0 radical (unpaired) electrons. The van der Waals surface area contributed by atoms with Gasteiger partial charge in [-0.1, -0.05) is 353 Å². The summed E-state index contributed by atoms with van der Waals surface area (Å²) in [7, 11) is 0. The number of ether oxygens (including phenoxy) is 3. The maximum atomic E-state index is 12.9. The van der Waals surface area contributed by atoms with Crippen LogP contribution >= 0.6 is 0 Å². The van der Waals surface area contributed by atoms with Gasteiger partial charge in [0.2, 0.25) is 0 Å². The van der Waals surface area contributed by atoms with Crippen LogP contribution in [0.3, 0.4) is 0 Å². The summed E-state index contributed by atoms with van der Waals surface area (Å²) in [6.07, 6.45) is 82.3. The smallest absolute Gasteiger partial charge is 0.306 e. The van der Waals surface area contributed by atoms with Crippen molar-refractivity contribution in [2.24, 2.45) is 0 Å². The summed E-state index contributed by atoms with van der Waals surface area (Å²) in [5.74, 6) is -0.835. The van der Waals surface area contributed by atoms with E-state index in [1.807, 2.05) is 0 Å². The van der Waals surface area contributed by atoms with Crippen molar-refractivity contribution < 1.29 is 28.6 Å². The van der Waals surface area contributed by atoms with Crippen LogP contribution in [0.5, 0.6) is 0 Å².